The van der Waals surface area contributed by atoms with Crippen molar-refractivity contribution >= 4 is 23.3 Å². The van der Waals surface area contributed by atoms with Crippen LogP contribution in [0.15, 0.2) is 18.2 Å². The standard InChI is InChI=1S/C13H18N2OS/c1-8(2)9(3)15-10-6-5-7-11(16-4)12(10)14-13(15)17/h5-9H,1-4H3,(H,14,17). The van der Waals surface area contributed by atoms with Gasteiger partial charge in [-0.25, -0.2) is 0 Å². The number of nitrogens with one attached hydrogen (secondary N) is 1. The van der Waals surface area contributed by atoms with Gasteiger partial charge in [0.2, 0.25) is 0 Å². The molecule has 1 aromatic carbocycles. The molecule has 0 fully saturated rings. The normalized spacial score (nSPS) is 13.2. The molecule has 0 aliphatic rings. The highest BCUT2D eigenvalue weighted by Gasteiger charge is 2.15. The minimum Gasteiger partial charge on any atom is -0.494 e. The number of aromatic nitrogens is 2. The summed E-state index contributed by atoms with van der Waals surface area (Å²) in [7, 11) is 1.68. The number of fused-ring (bicyclic) bond motifs is 1. The quantitative estimate of drug-likeness (QED) is 0.837. The van der Waals surface area contributed by atoms with Crippen molar-refractivity contribution in [2.75, 3.05) is 7.11 Å². The number of benzene rings is 1. The number of hydrogen-bond acceptors (Lipinski definition) is 2. The lowest BCUT2D eigenvalue weighted by atomic mass is 10.1. The fraction of sp³-hybridized carbons (Fsp3) is 0.462. The van der Waals surface area contributed by atoms with Crippen molar-refractivity contribution < 1.29 is 4.74 Å². The monoisotopic (exact) mass is 250 g/mol. The van der Waals surface area contributed by atoms with E-state index in [1.54, 1.807) is 7.11 Å². The Morgan fingerprint density at radius 3 is 2.59 bits per heavy atom. The second-order valence-corrected chi connectivity index (χ2v) is 5.03. The third-order valence-electron chi connectivity index (χ3n) is 3.31. The van der Waals surface area contributed by atoms with E-state index in [0.29, 0.717) is 12.0 Å². The van der Waals surface area contributed by atoms with Gasteiger partial charge < -0.3 is 14.3 Å². The molecule has 17 heavy (non-hydrogen) atoms. The van der Waals surface area contributed by atoms with Gasteiger partial charge in [-0.05, 0) is 37.2 Å². The van der Waals surface area contributed by atoms with E-state index in [1.165, 1.54) is 0 Å². The predicted octanol–water partition coefficient (Wildman–Crippen LogP) is 3.92. The van der Waals surface area contributed by atoms with Crippen LogP contribution < -0.4 is 4.74 Å². The Labute approximate surface area is 106 Å². The minimum absolute atomic E-state index is 0.364. The third kappa shape index (κ3) is 1.97. The second-order valence-electron chi connectivity index (χ2n) is 4.64. The Morgan fingerprint density at radius 2 is 2.00 bits per heavy atom. The number of para-hydroxylation sites is 1. The van der Waals surface area contributed by atoms with Gasteiger partial charge in [0, 0.05) is 6.04 Å². The second kappa shape index (κ2) is 4.53. The van der Waals surface area contributed by atoms with Crippen LogP contribution in [0.4, 0.5) is 0 Å². The maximum Gasteiger partial charge on any atom is 0.178 e. The van der Waals surface area contributed by atoms with Crippen LogP contribution in [0.25, 0.3) is 11.0 Å². The first-order valence-electron chi connectivity index (χ1n) is 5.83. The summed E-state index contributed by atoms with van der Waals surface area (Å²) in [5.41, 5.74) is 2.09. The van der Waals surface area contributed by atoms with Crippen LogP contribution in [0.2, 0.25) is 0 Å². The summed E-state index contributed by atoms with van der Waals surface area (Å²) in [4.78, 5) is 3.24. The van der Waals surface area contributed by atoms with Crippen LogP contribution in [-0.2, 0) is 0 Å². The summed E-state index contributed by atoms with van der Waals surface area (Å²) < 4.78 is 8.26. The Bertz CT molecular complexity index is 583. The van der Waals surface area contributed by atoms with Crippen LogP contribution in [-0.4, -0.2) is 16.7 Å². The molecule has 1 heterocycles. The first-order valence-corrected chi connectivity index (χ1v) is 6.24. The van der Waals surface area contributed by atoms with Crippen molar-refractivity contribution in [3.05, 3.63) is 23.0 Å². The molecular formula is C13H18N2OS. The van der Waals surface area contributed by atoms with E-state index in [1.807, 2.05) is 12.1 Å². The number of ether oxygens (including phenoxy) is 1. The first kappa shape index (κ1) is 12.2. The Hall–Kier alpha value is -1.29. The molecule has 1 atom stereocenters. The van der Waals surface area contributed by atoms with Crippen molar-refractivity contribution in [1.82, 2.24) is 9.55 Å². The number of aromatic amines is 1. The summed E-state index contributed by atoms with van der Waals surface area (Å²) in [5.74, 6) is 1.37. The minimum atomic E-state index is 0.364. The first-order chi connectivity index (χ1) is 8.06. The highest BCUT2D eigenvalue weighted by atomic mass is 32.1. The zero-order valence-corrected chi connectivity index (χ0v) is 11.5. The molecule has 4 heteroatoms. The molecule has 0 aliphatic carbocycles. The van der Waals surface area contributed by atoms with Gasteiger partial charge in [0.05, 0.1) is 12.6 Å². The molecule has 0 amide bonds. The van der Waals surface area contributed by atoms with Crippen molar-refractivity contribution in [3.63, 3.8) is 0 Å². The van der Waals surface area contributed by atoms with Crippen LogP contribution in [0.3, 0.4) is 0 Å². The SMILES string of the molecule is COc1cccc2c1[nH]c(=S)n2C(C)C(C)C. The Morgan fingerprint density at radius 1 is 1.29 bits per heavy atom. The van der Waals surface area contributed by atoms with Gasteiger partial charge >= 0.3 is 0 Å². The lowest BCUT2D eigenvalue weighted by molar-refractivity contribution is 0.412. The topological polar surface area (TPSA) is 29.9 Å². The van der Waals surface area contributed by atoms with Gasteiger partial charge in [-0.2, -0.15) is 0 Å². The average Bonchev–Trinajstić information content (AvgIpc) is 2.63. The van der Waals surface area contributed by atoms with Gasteiger partial charge in [-0.15, -0.1) is 0 Å². The summed E-state index contributed by atoms with van der Waals surface area (Å²) in [5, 5.41) is 0. The number of rotatable bonds is 3. The van der Waals surface area contributed by atoms with Crippen LogP contribution >= 0.6 is 12.2 Å². The molecule has 3 nitrogen and oxygen atoms in total. The molecule has 0 bridgehead atoms. The van der Waals surface area contributed by atoms with Crippen LogP contribution in [0.5, 0.6) is 5.75 Å². The lowest BCUT2D eigenvalue weighted by Crippen LogP contribution is -2.11. The number of imidazole rings is 1. The molecule has 1 N–H and O–H groups in total. The summed E-state index contributed by atoms with van der Waals surface area (Å²) in [6, 6.07) is 6.37. The fourth-order valence-electron chi connectivity index (χ4n) is 2.00. The number of nitrogens with zero attached hydrogens (tertiary/aromatic N) is 1. The molecule has 0 saturated carbocycles. The van der Waals surface area contributed by atoms with Gasteiger partial charge in [0.25, 0.3) is 0 Å². The van der Waals surface area contributed by atoms with Gasteiger partial charge in [0.1, 0.15) is 11.3 Å². The fourth-order valence-corrected chi connectivity index (χ4v) is 2.36. The summed E-state index contributed by atoms with van der Waals surface area (Å²) in [6.07, 6.45) is 0. The molecule has 2 aromatic rings. The molecule has 1 aromatic heterocycles. The zero-order chi connectivity index (χ0) is 12.6. The number of H-pyrrole nitrogens is 1. The van der Waals surface area contributed by atoms with Crippen molar-refractivity contribution in [3.8, 4) is 5.75 Å². The van der Waals surface area contributed by atoms with Crippen molar-refractivity contribution in [2.45, 2.75) is 26.8 Å². The van der Waals surface area contributed by atoms with E-state index >= 15 is 0 Å². The molecule has 92 valence electrons. The largest absolute Gasteiger partial charge is 0.494 e. The molecule has 1 unspecified atom stereocenters. The van der Waals surface area contributed by atoms with Crippen molar-refractivity contribution in [2.24, 2.45) is 5.92 Å². The Balaban J connectivity index is 2.73. The number of hydrogen-bond donors (Lipinski definition) is 1. The average molecular weight is 250 g/mol. The third-order valence-corrected chi connectivity index (χ3v) is 3.61. The van der Waals surface area contributed by atoms with Gasteiger partial charge in [-0.1, -0.05) is 19.9 Å². The van der Waals surface area contributed by atoms with Gasteiger partial charge in [0.15, 0.2) is 4.77 Å². The molecule has 2 rings (SSSR count). The van der Waals surface area contributed by atoms with Crippen LogP contribution in [0.1, 0.15) is 26.8 Å². The van der Waals surface area contributed by atoms with E-state index in [4.69, 9.17) is 17.0 Å². The molecule has 0 spiro atoms. The molecule has 0 aliphatic heterocycles. The smallest absolute Gasteiger partial charge is 0.178 e. The predicted molar refractivity (Wildman–Crippen MR) is 73.2 cm³/mol. The van der Waals surface area contributed by atoms with E-state index in [9.17, 15) is 0 Å². The summed E-state index contributed by atoms with van der Waals surface area (Å²) >= 11 is 5.41. The van der Waals surface area contributed by atoms with E-state index < -0.39 is 0 Å². The van der Waals surface area contributed by atoms with Gasteiger partial charge in [-0.3, -0.25) is 0 Å². The highest BCUT2D eigenvalue weighted by Crippen LogP contribution is 2.29. The van der Waals surface area contributed by atoms with Crippen molar-refractivity contribution in [1.29, 1.82) is 0 Å². The maximum absolute atomic E-state index is 5.41. The Kier molecular flexibility index (Phi) is 3.24. The molecule has 0 radical (unpaired) electrons. The number of methoxy groups -OCH3 is 1. The maximum atomic E-state index is 5.41. The van der Waals surface area contributed by atoms with E-state index in [2.05, 4.69) is 36.4 Å². The molecule has 0 saturated heterocycles. The van der Waals surface area contributed by atoms with E-state index in [0.717, 1.165) is 21.6 Å². The zero-order valence-electron chi connectivity index (χ0n) is 10.7. The lowest BCUT2D eigenvalue weighted by Gasteiger charge is -2.18. The summed E-state index contributed by atoms with van der Waals surface area (Å²) in [6.45, 7) is 6.59. The van der Waals surface area contributed by atoms with Crippen LogP contribution in [0, 0.1) is 10.7 Å². The van der Waals surface area contributed by atoms with E-state index in [-0.39, 0.29) is 0 Å². The molecular weight excluding hydrogens is 232 g/mol. The highest BCUT2D eigenvalue weighted by molar-refractivity contribution is 7.71.